The number of benzene rings is 1. The Morgan fingerprint density at radius 3 is 2.43 bits per heavy atom. The van der Waals surface area contributed by atoms with Gasteiger partial charge in [-0.2, -0.15) is 0 Å². The molecule has 0 spiro atoms. The van der Waals surface area contributed by atoms with Gasteiger partial charge in [0.05, 0.1) is 6.04 Å². The lowest BCUT2D eigenvalue weighted by Gasteiger charge is -2.20. The molecule has 1 fully saturated rings. The topological polar surface area (TPSA) is 114 Å². The Morgan fingerprint density at radius 2 is 1.70 bits per heavy atom. The minimum absolute atomic E-state index is 0.0475. The van der Waals surface area contributed by atoms with E-state index < -0.39 is 12.1 Å². The number of unbranched alkanes of at least 4 members (excludes halogenated alkanes) is 1. The molecule has 8 heteroatoms. The van der Waals surface area contributed by atoms with Crippen molar-refractivity contribution < 1.29 is 19.1 Å². The van der Waals surface area contributed by atoms with Gasteiger partial charge >= 0.3 is 6.09 Å². The summed E-state index contributed by atoms with van der Waals surface area (Å²) in [5.74, 6) is -0.00164. The van der Waals surface area contributed by atoms with Crippen LogP contribution in [0.1, 0.15) is 50.5 Å². The minimum Gasteiger partial charge on any atom is -0.445 e. The zero-order chi connectivity index (χ0) is 21.6. The summed E-state index contributed by atoms with van der Waals surface area (Å²) in [6.07, 6.45) is 4.75. The van der Waals surface area contributed by atoms with E-state index in [9.17, 15) is 14.4 Å². The van der Waals surface area contributed by atoms with Gasteiger partial charge in [0.1, 0.15) is 6.61 Å². The number of alkyl carbamates (subject to hydrolysis) is 1. The van der Waals surface area contributed by atoms with Crippen molar-refractivity contribution >= 4 is 17.9 Å². The highest BCUT2D eigenvalue weighted by molar-refractivity contribution is 5.81. The van der Waals surface area contributed by atoms with Crippen LogP contribution in [0.15, 0.2) is 30.3 Å². The van der Waals surface area contributed by atoms with Crippen molar-refractivity contribution in [1.82, 2.24) is 15.5 Å². The fourth-order valence-corrected chi connectivity index (χ4v) is 3.31. The van der Waals surface area contributed by atoms with Crippen LogP contribution in [-0.4, -0.2) is 55.0 Å². The first-order valence-corrected chi connectivity index (χ1v) is 10.8. The summed E-state index contributed by atoms with van der Waals surface area (Å²) < 4.78 is 5.11. The summed E-state index contributed by atoms with van der Waals surface area (Å²) in [6, 6.07) is 9.01. The molecule has 1 atom stereocenters. The number of nitrogens with one attached hydrogen (secondary N) is 2. The van der Waals surface area contributed by atoms with Gasteiger partial charge in [-0.1, -0.05) is 30.3 Å². The summed E-state index contributed by atoms with van der Waals surface area (Å²) in [4.78, 5) is 37.4. The van der Waals surface area contributed by atoms with Crippen molar-refractivity contribution in [3.8, 4) is 0 Å². The SMILES string of the molecule is N[C@@H](CCCCNC(=O)CCCNC(=O)OCc1ccccc1)C(=O)N1CCCC1. The number of ether oxygens (including phenoxy) is 1. The average Bonchev–Trinajstić information content (AvgIpc) is 3.30. The van der Waals surface area contributed by atoms with Crippen LogP contribution in [0.5, 0.6) is 0 Å². The number of hydrogen-bond acceptors (Lipinski definition) is 5. The quantitative estimate of drug-likeness (QED) is 0.449. The normalized spacial score (nSPS) is 14.2. The molecule has 4 N–H and O–H groups in total. The molecular weight excluding hydrogens is 384 g/mol. The summed E-state index contributed by atoms with van der Waals surface area (Å²) >= 11 is 0. The third-order valence-corrected chi connectivity index (χ3v) is 5.06. The van der Waals surface area contributed by atoms with E-state index in [4.69, 9.17) is 10.5 Å². The Morgan fingerprint density at radius 1 is 1.00 bits per heavy atom. The van der Waals surface area contributed by atoms with Gasteiger partial charge in [-0.25, -0.2) is 4.79 Å². The molecule has 0 bridgehead atoms. The molecule has 0 radical (unpaired) electrons. The van der Waals surface area contributed by atoms with Gasteiger partial charge in [0.25, 0.3) is 0 Å². The number of nitrogens with zero attached hydrogens (tertiary/aromatic N) is 1. The maximum Gasteiger partial charge on any atom is 0.407 e. The van der Waals surface area contributed by atoms with Crippen LogP contribution < -0.4 is 16.4 Å². The van der Waals surface area contributed by atoms with E-state index in [1.165, 1.54) is 0 Å². The van der Waals surface area contributed by atoms with E-state index in [0.29, 0.717) is 32.4 Å². The van der Waals surface area contributed by atoms with E-state index in [2.05, 4.69) is 10.6 Å². The average molecular weight is 419 g/mol. The first kappa shape index (κ1) is 23.7. The van der Waals surface area contributed by atoms with Crippen molar-refractivity contribution in [2.75, 3.05) is 26.2 Å². The largest absolute Gasteiger partial charge is 0.445 e. The third kappa shape index (κ3) is 9.26. The summed E-state index contributed by atoms with van der Waals surface area (Å²) in [5.41, 5.74) is 6.90. The van der Waals surface area contributed by atoms with Crippen LogP contribution in [0, 0.1) is 0 Å². The molecule has 1 aliphatic heterocycles. The molecule has 1 aromatic carbocycles. The van der Waals surface area contributed by atoms with E-state index >= 15 is 0 Å². The Labute approximate surface area is 178 Å². The van der Waals surface area contributed by atoms with Gasteiger partial charge in [-0.3, -0.25) is 9.59 Å². The fraction of sp³-hybridized carbons (Fsp3) is 0.591. The van der Waals surface area contributed by atoms with Crippen LogP contribution in [0.2, 0.25) is 0 Å². The van der Waals surface area contributed by atoms with E-state index in [-0.39, 0.29) is 18.4 Å². The smallest absolute Gasteiger partial charge is 0.407 e. The second-order valence-corrected chi connectivity index (χ2v) is 7.58. The van der Waals surface area contributed by atoms with Gasteiger partial charge in [0.15, 0.2) is 0 Å². The van der Waals surface area contributed by atoms with Crippen molar-refractivity contribution in [2.24, 2.45) is 5.73 Å². The molecule has 2 rings (SSSR count). The number of carbonyl (C=O) groups excluding carboxylic acids is 3. The van der Waals surface area contributed by atoms with Crippen LogP contribution in [0.3, 0.4) is 0 Å². The zero-order valence-electron chi connectivity index (χ0n) is 17.6. The first-order chi connectivity index (χ1) is 14.6. The number of rotatable bonds is 12. The predicted molar refractivity (Wildman–Crippen MR) is 115 cm³/mol. The Bertz CT molecular complexity index is 662. The van der Waals surface area contributed by atoms with Gasteiger partial charge in [-0.15, -0.1) is 0 Å². The molecule has 1 aliphatic rings. The fourth-order valence-electron chi connectivity index (χ4n) is 3.31. The number of likely N-dealkylation sites (tertiary alicyclic amines) is 1. The number of nitrogens with two attached hydrogens (primary N) is 1. The minimum atomic E-state index is -0.487. The van der Waals surface area contributed by atoms with Gasteiger partial charge in [-0.05, 0) is 44.1 Å². The standard InChI is InChI=1S/C22H34N4O4/c23-19(21(28)26-15-6-7-16-26)11-4-5-13-24-20(27)12-8-14-25-22(29)30-17-18-9-2-1-3-10-18/h1-3,9-10,19H,4-8,11-17,23H2,(H,24,27)(H,25,29)/t19-/m0/s1. The van der Waals surface area contributed by atoms with Crippen LogP contribution in [0.25, 0.3) is 0 Å². The monoisotopic (exact) mass is 418 g/mol. The van der Waals surface area contributed by atoms with E-state index in [0.717, 1.165) is 44.3 Å². The number of hydrogen-bond donors (Lipinski definition) is 3. The molecule has 30 heavy (non-hydrogen) atoms. The molecule has 1 saturated heterocycles. The second kappa shape index (κ2) is 13.6. The molecule has 166 valence electrons. The lowest BCUT2D eigenvalue weighted by molar-refractivity contribution is -0.131. The summed E-state index contributed by atoms with van der Waals surface area (Å²) in [7, 11) is 0. The lowest BCUT2D eigenvalue weighted by atomic mass is 10.1. The maximum absolute atomic E-state index is 12.1. The Hall–Kier alpha value is -2.61. The van der Waals surface area contributed by atoms with Gasteiger partial charge in [0.2, 0.25) is 11.8 Å². The molecule has 0 unspecified atom stereocenters. The van der Waals surface area contributed by atoms with Gasteiger partial charge < -0.3 is 26.0 Å². The number of amides is 3. The second-order valence-electron chi connectivity index (χ2n) is 7.58. The van der Waals surface area contributed by atoms with Crippen LogP contribution in [0.4, 0.5) is 4.79 Å². The van der Waals surface area contributed by atoms with E-state index in [1.54, 1.807) is 0 Å². The third-order valence-electron chi connectivity index (χ3n) is 5.06. The number of carbonyl (C=O) groups is 3. The molecule has 8 nitrogen and oxygen atoms in total. The predicted octanol–water partition coefficient (Wildman–Crippen LogP) is 1.93. The Balaban J connectivity index is 1.42. The Kier molecular flexibility index (Phi) is 10.7. The van der Waals surface area contributed by atoms with Crippen molar-refractivity contribution in [3.63, 3.8) is 0 Å². The molecular formula is C22H34N4O4. The molecule has 1 heterocycles. The molecule has 0 saturated carbocycles. The highest BCUT2D eigenvalue weighted by Gasteiger charge is 2.22. The first-order valence-electron chi connectivity index (χ1n) is 10.8. The molecule has 1 aromatic rings. The van der Waals surface area contributed by atoms with Crippen LogP contribution >= 0.6 is 0 Å². The molecule has 0 aromatic heterocycles. The van der Waals surface area contributed by atoms with E-state index in [1.807, 2.05) is 35.2 Å². The summed E-state index contributed by atoms with van der Waals surface area (Å²) in [6.45, 7) is 2.81. The van der Waals surface area contributed by atoms with Gasteiger partial charge in [0, 0.05) is 32.6 Å². The van der Waals surface area contributed by atoms with Crippen molar-refractivity contribution in [2.45, 2.75) is 57.6 Å². The highest BCUT2D eigenvalue weighted by Crippen LogP contribution is 2.10. The van der Waals surface area contributed by atoms with Crippen molar-refractivity contribution in [3.05, 3.63) is 35.9 Å². The van der Waals surface area contributed by atoms with Crippen molar-refractivity contribution in [1.29, 1.82) is 0 Å². The molecule has 0 aliphatic carbocycles. The van der Waals surface area contributed by atoms with Crippen LogP contribution in [-0.2, 0) is 20.9 Å². The zero-order valence-corrected chi connectivity index (χ0v) is 17.6. The summed E-state index contributed by atoms with van der Waals surface area (Å²) in [5, 5.41) is 5.50. The highest BCUT2D eigenvalue weighted by atomic mass is 16.5. The lowest BCUT2D eigenvalue weighted by Crippen LogP contribution is -2.42. The molecule has 3 amide bonds. The maximum atomic E-state index is 12.1.